The number of esters is 1. The maximum absolute atomic E-state index is 12.1. The Labute approximate surface area is 157 Å². The second kappa shape index (κ2) is 8.74. The summed E-state index contributed by atoms with van der Waals surface area (Å²) in [4.78, 5) is 27.1. The molecule has 1 aliphatic heterocycles. The highest BCUT2D eigenvalue weighted by molar-refractivity contribution is 6.37. The fraction of sp³-hybridized carbons (Fsp3) is 0.529. The quantitative estimate of drug-likeness (QED) is 0.754. The first-order valence-corrected chi connectivity index (χ1v) is 8.91. The van der Waals surface area contributed by atoms with Crippen LogP contribution < -0.4 is 4.90 Å². The number of nitrogens with zero attached hydrogens (tertiary/aromatic N) is 2. The number of piperidine rings is 1. The van der Waals surface area contributed by atoms with E-state index in [0.29, 0.717) is 40.9 Å². The van der Waals surface area contributed by atoms with E-state index in [2.05, 4.69) is 0 Å². The molecule has 0 aromatic heterocycles. The molecule has 1 aromatic carbocycles. The minimum absolute atomic E-state index is 0.0380. The normalized spacial score (nSPS) is 15.5. The van der Waals surface area contributed by atoms with E-state index in [0.717, 1.165) is 12.8 Å². The summed E-state index contributed by atoms with van der Waals surface area (Å²) in [6.45, 7) is 4.03. The third kappa shape index (κ3) is 4.77. The van der Waals surface area contributed by atoms with Gasteiger partial charge in [-0.25, -0.2) is 4.79 Å². The second-order valence-electron chi connectivity index (χ2n) is 5.95. The lowest BCUT2D eigenvalue weighted by molar-refractivity contribution is -0.139. The largest absolute Gasteiger partial charge is 0.480 e. The van der Waals surface area contributed by atoms with Crippen LogP contribution in [-0.4, -0.2) is 61.3 Å². The molecule has 1 N–H and O–H groups in total. The summed E-state index contributed by atoms with van der Waals surface area (Å²) >= 11 is 12.4. The Morgan fingerprint density at radius 1 is 1.32 bits per heavy atom. The molecule has 0 bridgehead atoms. The van der Waals surface area contributed by atoms with E-state index in [1.165, 1.54) is 7.11 Å². The topological polar surface area (TPSA) is 70.1 Å². The molecule has 1 heterocycles. The van der Waals surface area contributed by atoms with Crippen molar-refractivity contribution < 1.29 is 19.4 Å². The first kappa shape index (κ1) is 19.8. The van der Waals surface area contributed by atoms with Crippen molar-refractivity contribution in [3.8, 4) is 0 Å². The Kier molecular flexibility index (Phi) is 6.93. The molecule has 1 saturated heterocycles. The van der Waals surface area contributed by atoms with Crippen LogP contribution >= 0.6 is 23.2 Å². The Morgan fingerprint density at radius 3 is 2.48 bits per heavy atom. The van der Waals surface area contributed by atoms with E-state index >= 15 is 0 Å². The number of ether oxygens (including phenoxy) is 1. The number of hydrogen-bond acceptors (Lipinski definition) is 5. The van der Waals surface area contributed by atoms with Gasteiger partial charge in [-0.15, -0.1) is 0 Å². The summed E-state index contributed by atoms with van der Waals surface area (Å²) in [5, 5.41) is 9.81. The van der Waals surface area contributed by atoms with Gasteiger partial charge in [-0.05, 0) is 31.5 Å². The zero-order chi connectivity index (χ0) is 18.6. The van der Waals surface area contributed by atoms with Crippen molar-refractivity contribution in [2.24, 2.45) is 0 Å². The first-order chi connectivity index (χ1) is 11.9. The predicted molar refractivity (Wildman–Crippen MR) is 97.9 cm³/mol. The van der Waals surface area contributed by atoms with Gasteiger partial charge in [0.05, 0.1) is 29.9 Å². The summed E-state index contributed by atoms with van der Waals surface area (Å²) in [5.41, 5.74) is 0.967. The Balaban J connectivity index is 2.18. The molecule has 2 rings (SSSR count). The SMILES string of the molecule is CCN(CC(=O)O)C1CCN(c2c(Cl)cc(Cl)cc2C(=O)OC)CC1. The number of carboxylic acid groups (broad SMARTS) is 1. The van der Waals surface area contributed by atoms with Crippen LogP contribution in [0.25, 0.3) is 0 Å². The summed E-state index contributed by atoms with van der Waals surface area (Å²) < 4.78 is 4.84. The van der Waals surface area contributed by atoms with Gasteiger partial charge in [-0.1, -0.05) is 30.1 Å². The van der Waals surface area contributed by atoms with Gasteiger partial charge >= 0.3 is 11.9 Å². The molecule has 138 valence electrons. The van der Waals surface area contributed by atoms with Gasteiger partial charge < -0.3 is 14.7 Å². The lowest BCUT2D eigenvalue weighted by atomic mass is 10.0. The van der Waals surface area contributed by atoms with Gasteiger partial charge in [0.25, 0.3) is 0 Å². The van der Waals surface area contributed by atoms with Crippen molar-refractivity contribution in [2.45, 2.75) is 25.8 Å². The van der Waals surface area contributed by atoms with Gasteiger partial charge in [-0.3, -0.25) is 9.69 Å². The summed E-state index contributed by atoms with van der Waals surface area (Å²) in [5.74, 6) is -1.31. The Hall–Kier alpha value is -1.50. The van der Waals surface area contributed by atoms with E-state index in [4.69, 9.17) is 33.0 Å². The molecule has 1 aliphatic rings. The van der Waals surface area contributed by atoms with E-state index in [-0.39, 0.29) is 12.6 Å². The number of carbonyl (C=O) groups excluding carboxylic acids is 1. The molecule has 0 aliphatic carbocycles. The van der Waals surface area contributed by atoms with Crippen molar-refractivity contribution >= 4 is 40.8 Å². The van der Waals surface area contributed by atoms with Gasteiger partial charge in [0.1, 0.15) is 0 Å². The number of aliphatic carboxylic acids is 1. The summed E-state index contributed by atoms with van der Waals surface area (Å²) in [6, 6.07) is 3.37. The van der Waals surface area contributed by atoms with Gasteiger partial charge in [0.2, 0.25) is 0 Å². The molecule has 0 spiro atoms. The van der Waals surface area contributed by atoms with Crippen molar-refractivity contribution in [2.75, 3.05) is 38.2 Å². The van der Waals surface area contributed by atoms with Gasteiger partial charge in [0.15, 0.2) is 0 Å². The van der Waals surface area contributed by atoms with Crippen LogP contribution in [-0.2, 0) is 9.53 Å². The highest BCUT2D eigenvalue weighted by Crippen LogP contribution is 2.35. The van der Waals surface area contributed by atoms with Crippen LogP contribution in [0.4, 0.5) is 5.69 Å². The number of rotatable bonds is 6. The summed E-state index contributed by atoms with van der Waals surface area (Å²) in [6.07, 6.45) is 1.58. The molecule has 1 fully saturated rings. The molecular weight excluding hydrogens is 367 g/mol. The maximum Gasteiger partial charge on any atom is 0.340 e. The molecule has 0 unspecified atom stereocenters. The monoisotopic (exact) mass is 388 g/mol. The number of likely N-dealkylation sites (N-methyl/N-ethyl adjacent to an activating group) is 1. The molecule has 6 nitrogen and oxygen atoms in total. The van der Waals surface area contributed by atoms with E-state index in [1.807, 2.05) is 16.7 Å². The minimum Gasteiger partial charge on any atom is -0.480 e. The zero-order valence-electron chi connectivity index (χ0n) is 14.3. The number of hydrogen-bond donors (Lipinski definition) is 1. The zero-order valence-corrected chi connectivity index (χ0v) is 15.8. The number of halogens is 2. The minimum atomic E-state index is -0.821. The summed E-state index contributed by atoms with van der Waals surface area (Å²) in [7, 11) is 1.32. The molecule has 0 atom stereocenters. The number of anilines is 1. The van der Waals surface area contributed by atoms with E-state index < -0.39 is 11.9 Å². The van der Waals surface area contributed by atoms with Crippen molar-refractivity contribution in [3.05, 3.63) is 27.7 Å². The molecule has 1 aromatic rings. The van der Waals surface area contributed by atoms with Crippen LogP contribution in [0.1, 0.15) is 30.1 Å². The average Bonchev–Trinajstić information content (AvgIpc) is 2.58. The van der Waals surface area contributed by atoms with E-state index in [9.17, 15) is 9.59 Å². The standard InChI is InChI=1S/C17H22Cl2N2O4/c1-3-20(10-15(22)23)12-4-6-21(7-5-12)16-13(17(24)25-2)8-11(18)9-14(16)19/h8-9,12H,3-7,10H2,1-2H3,(H,22,23). The van der Waals surface area contributed by atoms with Crippen molar-refractivity contribution in [3.63, 3.8) is 0 Å². The lowest BCUT2D eigenvalue weighted by Gasteiger charge is -2.39. The lowest BCUT2D eigenvalue weighted by Crippen LogP contribution is -2.47. The Morgan fingerprint density at radius 2 is 1.96 bits per heavy atom. The van der Waals surface area contributed by atoms with Crippen molar-refractivity contribution in [1.82, 2.24) is 4.90 Å². The molecular formula is C17H22Cl2N2O4. The highest BCUT2D eigenvalue weighted by atomic mass is 35.5. The maximum atomic E-state index is 12.1. The average molecular weight is 389 g/mol. The predicted octanol–water partition coefficient (Wildman–Crippen LogP) is 3.16. The number of methoxy groups -OCH3 is 1. The smallest absolute Gasteiger partial charge is 0.340 e. The third-order valence-corrected chi connectivity index (χ3v) is 4.98. The van der Waals surface area contributed by atoms with Crippen LogP contribution in [0.2, 0.25) is 10.0 Å². The van der Waals surface area contributed by atoms with E-state index in [1.54, 1.807) is 12.1 Å². The van der Waals surface area contributed by atoms with Crippen LogP contribution in [0, 0.1) is 0 Å². The van der Waals surface area contributed by atoms with Crippen molar-refractivity contribution in [1.29, 1.82) is 0 Å². The van der Waals surface area contributed by atoms with Crippen LogP contribution in [0.3, 0.4) is 0 Å². The first-order valence-electron chi connectivity index (χ1n) is 8.15. The number of benzene rings is 1. The molecule has 8 heteroatoms. The van der Waals surface area contributed by atoms with Gasteiger partial charge in [0, 0.05) is 24.2 Å². The highest BCUT2D eigenvalue weighted by Gasteiger charge is 2.28. The molecule has 0 amide bonds. The third-order valence-electron chi connectivity index (χ3n) is 4.48. The number of carbonyl (C=O) groups is 2. The molecule has 25 heavy (non-hydrogen) atoms. The number of carboxylic acids is 1. The molecule has 0 saturated carbocycles. The van der Waals surface area contributed by atoms with Gasteiger partial charge in [-0.2, -0.15) is 0 Å². The van der Waals surface area contributed by atoms with Crippen LogP contribution in [0.15, 0.2) is 12.1 Å². The fourth-order valence-electron chi connectivity index (χ4n) is 3.28. The fourth-order valence-corrected chi connectivity index (χ4v) is 3.89. The van der Waals surface area contributed by atoms with Crippen LogP contribution in [0.5, 0.6) is 0 Å². The second-order valence-corrected chi connectivity index (χ2v) is 6.79. The molecule has 0 radical (unpaired) electrons. The Bertz CT molecular complexity index is 646.